The van der Waals surface area contributed by atoms with Gasteiger partial charge in [-0.15, -0.1) is 11.3 Å². The van der Waals surface area contributed by atoms with E-state index in [1.807, 2.05) is 0 Å². The van der Waals surface area contributed by atoms with Gasteiger partial charge in [-0.2, -0.15) is 0 Å². The lowest BCUT2D eigenvalue weighted by molar-refractivity contribution is -0.139. The maximum atomic E-state index is 11.3. The molecule has 1 heterocycles. The average Bonchev–Trinajstić information content (AvgIpc) is 2.79. The van der Waals surface area contributed by atoms with Crippen molar-refractivity contribution in [2.24, 2.45) is 5.92 Å². The Morgan fingerprint density at radius 3 is 2.80 bits per heavy atom. The zero-order valence-electron chi connectivity index (χ0n) is 12.7. The fourth-order valence-electron chi connectivity index (χ4n) is 2.83. The van der Waals surface area contributed by atoms with Crippen LogP contribution in [0.5, 0.6) is 0 Å². The second-order valence-corrected chi connectivity index (χ2v) is 7.24. The highest BCUT2D eigenvalue weighted by Crippen LogP contribution is 2.38. The molecule has 0 radical (unpaired) electrons. The van der Waals surface area contributed by atoms with Crippen LogP contribution in [0.25, 0.3) is 0 Å². The Labute approximate surface area is 124 Å². The third-order valence-corrected chi connectivity index (χ3v) is 5.24. The van der Waals surface area contributed by atoms with Crippen molar-refractivity contribution in [3.63, 3.8) is 0 Å². The number of thiazole rings is 1. The van der Waals surface area contributed by atoms with E-state index in [0.29, 0.717) is 12.0 Å². The summed E-state index contributed by atoms with van der Waals surface area (Å²) >= 11 is 1.67. The molecular formula is C15H24N2O2S. The van der Waals surface area contributed by atoms with Crippen molar-refractivity contribution in [2.75, 3.05) is 11.9 Å². The van der Waals surface area contributed by atoms with Gasteiger partial charge in [0, 0.05) is 18.0 Å². The van der Waals surface area contributed by atoms with E-state index in [0.717, 1.165) is 36.5 Å². The number of rotatable bonds is 5. The van der Waals surface area contributed by atoms with Crippen molar-refractivity contribution < 1.29 is 9.90 Å². The minimum atomic E-state index is -0.735. The highest BCUT2D eigenvalue weighted by molar-refractivity contribution is 7.15. The van der Waals surface area contributed by atoms with E-state index in [4.69, 9.17) is 0 Å². The van der Waals surface area contributed by atoms with Crippen LogP contribution in [0, 0.1) is 5.92 Å². The first-order chi connectivity index (χ1) is 9.40. The van der Waals surface area contributed by atoms with E-state index in [1.165, 1.54) is 4.88 Å². The van der Waals surface area contributed by atoms with Gasteiger partial charge in [-0.1, -0.05) is 13.8 Å². The summed E-state index contributed by atoms with van der Waals surface area (Å²) in [7, 11) is 2.06. The summed E-state index contributed by atoms with van der Waals surface area (Å²) < 4.78 is 0. The first-order valence-corrected chi connectivity index (χ1v) is 8.17. The van der Waals surface area contributed by atoms with Gasteiger partial charge >= 0.3 is 5.97 Å². The number of hydrogen-bond donors (Lipinski definition) is 1. The molecule has 1 aromatic heterocycles. The Bertz CT molecular complexity index is 484. The summed E-state index contributed by atoms with van der Waals surface area (Å²) in [5, 5.41) is 10.3. The molecule has 0 spiro atoms. The van der Waals surface area contributed by atoms with Crippen molar-refractivity contribution in [1.29, 1.82) is 0 Å². The van der Waals surface area contributed by atoms with E-state index in [9.17, 15) is 9.90 Å². The van der Waals surface area contributed by atoms with Gasteiger partial charge in [0.05, 0.1) is 5.69 Å². The molecule has 1 aliphatic carbocycles. The van der Waals surface area contributed by atoms with Crippen LogP contribution < -0.4 is 4.90 Å². The molecule has 2 atom stereocenters. The van der Waals surface area contributed by atoms with Crippen molar-refractivity contribution in [3.8, 4) is 0 Å². The van der Waals surface area contributed by atoms with Gasteiger partial charge in [0.15, 0.2) is 5.13 Å². The molecule has 1 aliphatic rings. The van der Waals surface area contributed by atoms with E-state index in [-0.39, 0.29) is 0 Å². The van der Waals surface area contributed by atoms with Crippen LogP contribution in [0.15, 0.2) is 0 Å². The molecule has 1 N–H and O–H groups in total. The summed E-state index contributed by atoms with van der Waals surface area (Å²) in [6, 6.07) is 0.422. The Hall–Kier alpha value is -1.10. The fourth-order valence-corrected chi connectivity index (χ4v) is 4.05. The van der Waals surface area contributed by atoms with Crippen LogP contribution in [-0.4, -0.2) is 29.1 Å². The molecule has 2 unspecified atom stereocenters. The highest BCUT2D eigenvalue weighted by atomic mass is 32.1. The number of anilines is 1. The van der Waals surface area contributed by atoms with Crippen molar-refractivity contribution in [1.82, 2.24) is 4.98 Å². The maximum absolute atomic E-state index is 11.3. The van der Waals surface area contributed by atoms with Crippen LogP contribution in [0.2, 0.25) is 0 Å². The number of aliphatic carboxylic acids is 1. The standard InChI is InChI=1S/C15H24N2O2S/c1-9(2)8-10(3)17(4)15-16-13-11(14(18)19)6-5-7-12(13)20-15/h9-11H,5-8H2,1-4H3,(H,18,19). The highest BCUT2D eigenvalue weighted by Gasteiger charge is 2.31. The molecule has 4 nitrogen and oxygen atoms in total. The van der Waals surface area contributed by atoms with Crippen LogP contribution in [-0.2, 0) is 11.2 Å². The number of aryl methyl sites for hydroxylation is 1. The molecular weight excluding hydrogens is 272 g/mol. The zero-order chi connectivity index (χ0) is 14.9. The Morgan fingerprint density at radius 2 is 2.20 bits per heavy atom. The molecule has 0 aromatic carbocycles. The minimum Gasteiger partial charge on any atom is -0.481 e. The van der Waals surface area contributed by atoms with Crippen LogP contribution in [0.1, 0.15) is 56.5 Å². The Kier molecular flexibility index (Phi) is 4.68. The lowest BCUT2D eigenvalue weighted by atomic mass is 9.91. The smallest absolute Gasteiger partial charge is 0.312 e. The van der Waals surface area contributed by atoms with Crippen LogP contribution in [0.3, 0.4) is 0 Å². The van der Waals surface area contributed by atoms with Crippen LogP contribution >= 0.6 is 11.3 Å². The molecule has 5 heteroatoms. The molecule has 112 valence electrons. The minimum absolute atomic E-state index is 0.405. The number of aromatic nitrogens is 1. The second kappa shape index (κ2) is 6.12. The van der Waals surface area contributed by atoms with Gasteiger partial charge in [0.25, 0.3) is 0 Å². The summed E-state index contributed by atoms with van der Waals surface area (Å²) in [5.41, 5.74) is 0.812. The zero-order valence-corrected chi connectivity index (χ0v) is 13.5. The summed E-state index contributed by atoms with van der Waals surface area (Å²) in [6.07, 6.45) is 3.76. The first-order valence-electron chi connectivity index (χ1n) is 7.35. The van der Waals surface area contributed by atoms with Crippen molar-refractivity contribution in [3.05, 3.63) is 10.6 Å². The molecule has 2 rings (SSSR count). The van der Waals surface area contributed by atoms with Crippen LogP contribution in [0.4, 0.5) is 5.13 Å². The Morgan fingerprint density at radius 1 is 1.50 bits per heavy atom. The van der Waals surface area contributed by atoms with Crippen molar-refractivity contribution in [2.45, 2.75) is 58.4 Å². The SMILES string of the molecule is CC(C)CC(C)N(C)c1nc2c(s1)CCCC2C(=O)O. The summed E-state index contributed by atoms with van der Waals surface area (Å²) in [4.78, 5) is 19.3. The average molecular weight is 296 g/mol. The van der Waals surface area contributed by atoms with Gasteiger partial charge in [0.1, 0.15) is 5.92 Å². The first kappa shape index (κ1) is 15.3. The third kappa shape index (κ3) is 3.14. The van der Waals surface area contributed by atoms with Gasteiger partial charge < -0.3 is 10.0 Å². The topological polar surface area (TPSA) is 53.4 Å². The summed E-state index contributed by atoms with van der Waals surface area (Å²) in [5.74, 6) is -0.493. The molecule has 20 heavy (non-hydrogen) atoms. The molecule has 0 aliphatic heterocycles. The van der Waals surface area contributed by atoms with E-state index >= 15 is 0 Å². The molecule has 0 amide bonds. The van der Waals surface area contributed by atoms with Gasteiger partial charge in [-0.25, -0.2) is 4.98 Å². The lowest BCUT2D eigenvalue weighted by Crippen LogP contribution is -2.30. The second-order valence-electron chi connectivity index (χ2n) is 6.18. The lowest BCUT2D eigenvalue weighted by Gasteiger charge is -2.25. The van der Waals surface area contributed by atoms with E-state index in [2.05, 4.69) is 37.7 Å². The normalized spacial score (nSPS) is 19.8. The number of hydrogen-bond acceptors (Lipinski definition) is 4. The van der Waals surface area contributed by atoms with Crippen molar-refractivity contribution >= 4 is 22.4 Å². The van der Waals surface area contributed by atoms with Gasteiger partial charge in [-0.3, -0.25) is 4.79 Å². The maximum Gasteiger partial charge on any atom is 0.312 e. The number of nitrogens with zero attached hydrogens (tertiary/aromatic N) is 2. The van der Waals surface area contributed by atoms with E-state index < -0.39 is 11.9 Å². The molecule has 0 saturated carbocycles. The number of carboxylic acids is 1. The van der Waals surface area contributed by atoms with Gasteiger partial charge in [0.2, 0.25) is 0 Å². The monoisotopic (exact) mass is 296 g/mol. The number of carbonyl (C=O) groups is 1. The molecule has 0 fully saturated rings. The molecule has 0 saturated heterocycles. The Balaban J connectivity index is 2.21. The van der Waals surface area contributed by atoms with E-state index in [1.54, 1.807) is 11.3 Å². The number of carboxylic acid groups (broad SMARTS) is 1. The van der Waals surface area contributed by atoms with Gasteiger partial charge in [-0.05, 0) is 38.5 Å². The predicted molar refractivity (Wildman–Crippen MR) is 82.7 cm³/mol. The fraction of sp³-hybridized carbons (Fsp3) is 0.733. The molecule has 1 aromatic rings. The third-order valence-electron chi connectivity index (χ3n) is 4.02. The summed E-state index contributed by atoms with van der Waals surface area (Å²) in [6.45, 7) is 6.64. The molecule has 0 bridgehead atoms. The predicted octanol–water partition coefficient (Wildman–Crippen LogP) is 3.52. The largest absolute Gasteiger partial charge is 0.481 e. The quantitative estimate of drug-likeness (QED) is 0.903. The number of fused-ring (bicyclic) bond motifs is 1.